The van der Waals surface area contributed by atoms with Crippen molar-refractivity contribution in [3.63, 3.8) is 0 Å². The van der Waals surface area contributed by atoms with Gasteiger partial charge in [0.2, 0.25) is 0 Å². The van der Waals surface area contributed by atoms with Crippen LogP contribution in [-0.2, 0) is 4.79 Å². The first-order valence-electron chi connectivity index (χ1n) is 7.87. The smallest absolute Gasteiger partial charge is 0.260 e. The number of halogens is 2. The molecule has 0 saturated carbocycles. The van der Waals surface area contributed by atoms with Crippen molar-refractivity contribution in [2.45, 2.75) is 52.8 Å². The van der Waals surface area contributed by atoms with Gasteiger partial charge in [-0.2, -0.15) is 0 Å². The Kier molecular flexibility index (Phi) is 8.37. The van der Waals surface area contributed by atoms with E-state index < -0.39 is 6.10 Å². The maximum atomic E-state index is 12.2. The molecule has 0 aromatic heterocycles. The molecule has 130 valence electrons. The van der Waals surface area contributed by atoms with Gasteiger partial charge in [-0.1, -0.05) is 11.6 Å². The quantitative estimate of drug-likeness (QED) is 0.708. The summed E-state index contributed by atoms with van der Waals surface area (Å²) in [5.41, 5.74) is 0. The molecule has 0 saturated heterocycles. The summed E-state index contributed by atoms with van der Waals surface area (Å²) in [4.78, 5) is 14.5. The second kappa shape index (κ2) is 9.50. The van der Waals surface area contributed by atoms with E-state index in [-0.39, 0.29) is 5.91 Å². The number of amides is 1. The first-order chi connectivity index (χ1) is 10.7. The average Bonchev–Trinajstić information content (AvgIpc) is 2.45. The fourth-order valence-electron chi connectivity index (χ4n) is 2.38. The summed E-state index contributed by atoms with van der Waals surface area (Å²) in [6, 6.07) is 6.12. The number of benzene rings is 1. The molecule has 1 amide bonds. The zero-order valence-corrected chi connectivity index (χ0v) is 16.7. The Labute approximate surface area is 152 Å². The normalized spacial score (nSPS) is 12.8. The molecule has 1 rings (SSSR count). The zero-order chi connectivity index (χ0) is 17.6. The van der Waals surface area contributed by atoms with Crippen molar-refractivity contribution in [3.8, 4) is 5.75 Å². The molecule has 1 aromatic carbocycles. The standard InChI is InChI=1S/C17H26BrClN2O2/c1-11(2)21(12(3)4)9-8-20-17(22)13(5)23-16-7-6-14(19)10-15(16)18/h6-7,10-13H,8-9H2,1-5H3,(H,20,22). The van der Waals surface area contributed by atoms with Crippen LogP contribution in [0, 0.1) is 0 Å². The summed E-state index contributed by atoms with van der Waals surface area (Å²) in [6.45, 7) is 11.8. The second-order valence-electron chi connectivity index (χ2n) is 6.05. The van der Waals surface area contributed by atoms with Crippen LogP contribution in [0.1, 0.15) is 34.6 Å². The Morgan fingerprint density at radius 1 is 1.26 bits per heavy atom. The van der Waals surface area contributed by atoms with Crippen molar-refractivity contribution in [2.75, 3.05) is 13.1 Å². The Morgan fingerprint density at radius 3 is 2.39 bits per heavy atom. The fourth-order valence-corrected chi connectivity index (χ4v) is 3.16. The molecule has 0 heterocycles. The molecule has 0 aliphatic heterocycles. The lowest BCUT2D eigenvalue weighted by atomic mass is 10.2. The van der Waals surface area contributed by atoms with Crippen LogP contribution in [0.15, 0.2) is 22.7 Å². The number of hydrogen-bond donors (Lipinski definition) is 1. The molecular formula is C17H26BrClN2O2. The van der Waals surface area contributed by atoms with Crippen molar-refractivity contribution >= 4 is 33.4 Å². The van der Waals surface area contributed by atoms with Gasteiger partial charge >= 0.3 is 0 Å². The predicted octanol–water partition coefficient (Wildman–Crippen LogP) is 4.10. The van der Waals surface area contributed by atoms with Gasteiger partial charge in [0, 0.05) is 30.2 Å². The summed E-state index contributed by atoms with van der Waals surface area (Å²) in [7, 11) is 0. The van der Waals surface area contributed by atoms with Crippen LogP contribution in [-0.4, -0.2) is 42.1 Å². The molecule has 4 nitrogen and oxygen atoms in total. The van der Waals surface area contributed by atoms with Crippen LogP contribution in [0.4, 0.5) is 0 Å². The first kappa shape index (κ1) is 20.3. The summed E-state index contributed by atoms with van der Waals surface area (Å²) in [6.07, 6.45) is -0.570. The lowest BCUT2D eigenvalue weighted by Crippen LogP contribution is -2.44. The molecule has 1 unspecified atom stereocenters. The third kappa shape index (κ3) is 6.69. The second-order valence-corrected chi connectivity index (χ2v) is 7.34. The van der Waals surface area contributed by atoms with Gasteiger partial charge in [-0.25, -0.2) is 0 Å². The third-order valence-electron chi connectivity index (χ3n) is 3.56. The van der Waals surface area contributed by atoms with E-state index in [9.17, 15) is 4.79 Å². The van der Waals surface area contributed by atoms with E-state index >= 15 is 0 Å². The van der Waals surface area contributed by atoms with E-state index in [2.05, 4.69) is 53.8 Å². The lowest BCUT2D eigenvalue weighted by Gasteiger charge is -2.30. The van der Waals surface area contributed by atoms with Gasteiger partial charge in [0.05, 0.1) is 4.47 Å². The molecule has 1 N–H and O–H groups in total. The molecule has 1 atom stereocenters. The summed E-state index contributed by atoms with van der Waals surface area (Å²) in [5.74, 6) is 0.474. The highest BCUT2D eigenvalue weighted by Gasteiger charge is 2.17. The summed E-state index contributed by atoms with van der Waals surface area (Å²) >= 11 is 9.28. The van der Waals surface area contributed by atoms with E-state index in [0.717, 1.165) is 11.0 Å². The van der Waals surface area contributed by atoms with Gasteiger partial charge in [-0.05, 0) is 68.7 Å². The molecule has 0 aliphatic carbocycles. The molecule has 0 spiro atoms. The highest BCUT2D eigenvalue weighted by atomic mass is 79.9. The van der Waals surface area contributed by atoms with Crippen molar-refractivity contribution in [3.05, 3.63) is 27.7 Å². The number of carbonyl (C=O) groups is 1. The Morgan fingerprint density at radius 2 is 1.87 bits per heavy atom. The molecule has 0 fully saturated rings. The van der Waals surface area contributed by atoms with Crippen molar-refractivity contribution in [2.24, 2.45) is 0 Å². The first-order valence-corrected chi connectivity index (χ1v) is 9.04. The predicted molar refractivity (Wildman–Crippen MR) is 99.2 cm³/mol. The number of nitrogens with one attached hydrogen (secondary N) is 1. The van der Waals surface area contributed by atoms with E-state index in [4.69, 9.17) is 16.3 Å². The van der Waals surface area contributed by atoms with Crippen LogP contribution >= 0.6 is 27.5 Å². The molecule has 1 aromatic rings. The van der Waals surface area contributed by atoms with Gasteiger partial charge < -0.3 is 10.1 Å². The van der Waals surface area contributed by atoms with Gasteiger partial charge in [0.25, 0.3) is 5.91 Å². The topological polar surface area (TPSA) is 41.6 Å². The largest absolute Gasteiger partial charge is 0.480 e. The molecule has 23 heavy (non-hydrogen) atoms. The Balaban J connectivity index is 2.48. The summed E-state index contributed by atoms with van der Waals surface area (Å²) < 4.78 is 6.42. The van der Waals surface area contributed by atoms with E-state index in [1.807, 2.05) is 0 Å². The minimum atomic E-state index is -0.570. The van der Waals surface area contributed by atoms with E-state index in [1.165, 1.54) is 0 Å². The number of rotatable bonds is 8. The number of carbonyl (C=O) groups excluding carboxylic acids is 1. The minimum absolute atomic E-state index is 0.126. The van der Waals surface area contributed by atoms with Crippen molar-refractivity contribution in [1.29, 1.82) is 0 Å². The van der Waals surface area contributed by atoms with E-state index in [0.29, 0.717) is 29.4 Å². The van der Waals surface area contributed by atoms with Crippen LogP contribution in [0.2, 0.25) is 5.02 Å². The SMILES string of the molecule is CC(Oc1ccc(Cl)cc1Br)C(=O)NCCN(C(C)C)C(C)C. The van der Waals surface area contributed by atoms with Gasteiger partial charge in [-0.15, -0.1) is 0 Å². The molecule has 0 aliphatic rings. The summed E-state index contributed by atoms with van der Waals surface area (Å²) in [5, 5.41) is 3.54. The van der Waals surface area contributed by atoms with Crippen LogP contribution < -0.4 is 10.1 Å². The van der Waals surface area contributed by atoms with Crippen molar-refractivity contribution in [1.82, 2.24) is 10.2 Å². The van der Waals surface area contributed by atoms with Gasteiger partial charge in [0.15, 0.2) is 6.10 Å². The molecule has 6 heteroatoms. The number of hydrogen-bond acceptors (Lipinski definition) is 3. The van der Waals surface area contributed by atoms with Crippen LogP contribution in [0.25, 0.3) is 0 Å². The van der Waals surface area contributed by atoms with E-state index in [1.54, 1.807) is 25.1 Å². The zero-order valence-electron chi connectivity index (χ0n) is 14.4. The highest BCUT2D eigenvalue weighted by molar-refractivity contribution is 9.10. The lowest BCUT2D eigenvalue weighted by molar-refractivity contribution is -0.127. The third-order valence-corrected chi connectivity index (χ3v) is 4.42. The number of nitrogens with zero attached hydrogens (tertiary/aromatic N) is 1. The molecule has 0 radical (unpaired) electrons. The van der Waals surface area contributed by atoms with Gasteiger partial charge in [0.1, 0.15) is 5.75 Å². The Hall–Kier alpha value is -0.780. The number of ether oxygens (including phenoxy) is 1. The molecule has 0 bridgehead atoms. The fraction of sp³-hybridized carbons (Fsp3) is 0.588. The average molecular weight is 406 g/mol. The van der Waals surface area contributed by atoms with Crippen LogP contribution in [0.5, 0.6) is 5.75 Å². The monoisotopic (exact) mass is 404 g/mol. The van der Waals surface area contributed by atoms with Crippen molar-refractivity contribution < 1.29 is 9.53 Å². The maximum absolute atomic E-state index is 12.2. The highest BCUT2D eigenvalue weighted by Crippen LogP contribution is 2.28. The van der Waals surface area contributed by atoms with Crippen LogP contribution in [0.3, 0.4) is 0 Å². The maximum Gasteiger partial charge on any atom is 0.260 e. The minimum Gasteiger partial charge on any atom is -0.480 e. The molecular weight excluding hydrogens is 380 g/mol. The Bertz CT molecular complexity index is 515. The van der Waals surface area contributed by atoms with Gasteiger partial charge in [-0.3, -0.25) is 9.69 Å².